The average Bonchev–Trinajstić information content (AvgIpc) is 2.31. The van der Waals surface area contributed by atoms with Crippen molar-refractivity contribution in [1.29, 1.82) is 0 Å². The van der Waals surface area contributed by atoms with Crippen LogP contribution in [0.5, 0.6) is 0 Å². The van der Waals surface area contributed by atoms with E-state index in [1.807, 2.05) is 18.2 Å². The second kappa shape index (κ2) is 7.77. The van der Waals surface area contributed by atoms with Crippen LogP contribution in [0.25, 0.3) is 0 Å². The third-order valence-electron chi connectivity index (χ3n) is 2.32. The summed E-state index contributed by atoms with van der Waals surface area (Å²) in [6, 6.07) is 5.67. The third kappa shape index (κ3) is 5.85. The van der Waals surface area contributed by atoms with Crippen molar-refractivity contribution in [3.05, 3.63) is 33.3 Å². The molecule has 0 aliphatic rings. The summed E-state index contributed by atoms with van der Waals surface area (Å²) < 4.78 is 0.980. The maximum atomic E-state index is 11.5. The number of hydrogen-bond donors (Lipinski definition) is 2. The lowest BCUT2D eigenvalue weighted by atomic mass is 10.2. The van der Waals surface area contributed by atoms with Crippen molar-refractivity contribution in [3.63, 3.8) is 0 Å². The predicted molar refractivity (Wildman–Crippen MR) is 78.7 cm³/mol. The molecule has 5 heteroatoms. The highest BCUT2D eigenvalue weighted by molar-refractivity contribution is 9.10. The summed E-state index contributed by atoms with van der Waals surface area (Å²) in [6.45, 7) is 5.71. The number of benzene rings is 1. The van der Waals surface area contributed by atoms with Crippen molar-refractivity contribution < 1.29 is 4.79 Å². The Morgan fingerprint density at radius 1 is 1.44 bits per heavy atom. The molecule has 0 heterocycles. The second-order valence-corrected chi connectivity index (χ2v) is 5.86. The van der Waals surface area contributed by atoms with Gasteiger partial charge in [-0.2, -0.15) is 0 Å². The SMILES string of the molecule is CC(C)CNC(=O)CNCc1cc(Br)ccc1Cl. The molecule has 0 radical (unpaired) electrons. The Labute approximate surface area is 121 Å². The maximum absolute atomic E-state index is 11.5. The Kier molecular flexibility index (Phi) is 6.68. The summed E-state index contributed by atoms with van der Waals surface area (Å²) >= 11 is 9.45. The van der Waals surface area contributed by atoms with Gasteiger partial charge in [0.25, 0.3) is 0 Å². The van der Waals surface area contributed by atoms with Crippen molar-refractivity contribution in [1.82, 2.24) is 10.6 Å². The lowest BCUT2D eigenvalue weighted by molar-refractivity contribution is -0.120. The van der Waals surface area contributed by atoms with Gasteiger partial charge in [0.2, 0.25) is 5.91 Å². The summed E-state index contributed by atoms with van der Waals surface area (Å²) in [5.41, 5.74) is 0.975. The molecule has 0 bridgehead atoms. The van der Waals surface area contributed by atoms with E-state index in [4.69, 9.17) is 11.6 Å². The van der Waals surface area contributed by atoms with Gasteiger partial charge in [-0.15, -0.1) is 0 Å². The molecule has 100 valence electrons. The van der Waals surface area contributed by atoms with E-state index in [9.17, 15) is 4.79 Å². The van der Waals surface area contributed by atoms with E-state index in [0.717, 1.165) is 10.0 Å². The fourth-order valence-corrected chi connectivity index (χ4v) is 1.96. The zero-order valence-corrected chi connectivity index (χ0v) is 12.9. The van der Waals surface area contributed by atoms with Gasteiger partial charge in [0.05, 0.1) is 6.54 Å². The second-order valence-electron chi connectivity index (χ2n) is 4.54. The molecule has 0 aromatic heterocycles. The molecular formula is C13H18BrClN2O. The summed E-state index contributed by atoms with van der Waals surface area (Å²) in [4.78, 5) is 11.5. The molecule has 1 aromatic carbocycles. The molecule has 0 unspecified atom stereocenters. The molecule has 18 heavy (non-hydrogen) atoms. The standard InChI is InChI=1S/C13H18BrClN2O/c1-9(2)6-17-13(18)8-16-7-10-5-11(14)3-4-12(10)15/h3-5,9,16H,6-8H2,1-2H3,(H,17,18). The quantitative estimate of drug-likeness (QED) is 0.840. The highest BCUT2D eigenvalue weighted by atomic mass is 79.9. The van der Waals surface area contributed by atoms with Crippen molar-refractivity contribution in [2.45, 2.75) is 20.4 Å². The van der Waals surface area contributed by atoms with Gasteiger partial charge in [-0.3, -0.25) is 4.79 Å². The van der Waals surface area contributed by atoms with E-state index in [1.54, 1.807) is 0 Å². The summed E-state index contributed by atoms with van der Waals surface area (Å²) in [7, 11) is 0. The largest absolute Gasteiger partial charge is 0.355 e. The summed E-state index contributed by atoms with van der Waals surface area (Å²) in [5, 5.41) is 6.63. The summed E-state index contributed by atoms with van der Waals surface area (Å²) in [6.07, 6.45) is 0. The zero-order valence-electron chi connectivity index (χ0n) is 10.6. The van der Waals surface area contributed by atoms with E-state index in [-0.39, 0.29) is 5.91 Å². The molecule has 0 aliphatic heterocycles. The Balaban J connectivity index is 2.33. The van der Waals surface area contributed by atoms with Crippen LogP contribution in [-0.4, -0.2) is 19.0 Å². The number of nitrogens with one attached hydrogen (secondary N) is 2. The maximum Gasteiger partial charge on any atom is 0.233 e. The number of hydrogen-bond acceptors (Lipinski definition) is 2. The van der Waals surface area contributed by atoms with Crippen molar-refractivity contribution in [3.8, 4) is 0 Å². The highest BCUT2D eigenvalue weighted by Gasteiger charge is 2.04. The van der Waals surface area contributed by atoms with Crippen LogP contribution in [0.15, 0.2) is 22.7 Å². The van der Waals surface area contributed by atoms with Gasteiger partial charge in [-0.25, -0.2) is 0 Å². The van der Waals surface area contributed by atoms with E-state index < -0.39 is 0 Å². The van der Waals surface area contributed by atoms with E-state index in [0.29, 0.717) is 30.6 Å². The Morgan fingerprint density at radius 3 is 2.83 bits per heavy atom. The normalized spacial score (nSPS) is 10.7. The lowest BCUT2D eigenvalue weighted by Crippen LogP contribution is -2.35. The first kappa shape index (κ1) is 15.5. The van der Waals surface area contributed by atoms with Gasteiger partial charge in [0, 0.05) is 22.6 Å². The zero-order chi connectivity index (χ0) is 13.5. The van der Waals surface area contributed by atoms with Crippen LogP contribution in [-0.2, 0) is 11.3 Å². The van der Waals surface area contributed by atoms with E-state index in [1.165, 1.54) is 0 Å². The number of carbonyl (C=O) groups excluding carboxylic acids is 1. The summed E-state index contributed by atoms with van der Waals surface area (Å²) in [5.74, 6) is 0.475. The van der Waals surface area contributed by atoms with Crippen LogP contribution < -0.4 is 10.6 Å². The number of rotatable bonds is 6. The topological polar surface area (TPSA) is 41.1 Å². The fraction of sp³-hybridized carbons (Fsp3) is 0.462. The fourth-order valence-electron chi connectivity index (χ4n) is 1.37. The predicted octanol–water partition coefficient (Wildman–Crippen LogP) is 2.96. The molecule has 0 aliphatic carbocycles. The van der Waals surface area contributed by atoms with Gasteiger partial charge < -0.3 is 10.6 Å². The van der Waals surface area contributed by atoms with Crippen LogP contribution >= 0.6 is 27.5 Å². The van der Waals surface area contributed by atoms with Crippen molar-refractivity contribution >= 4 is 33.4 Å². The smallest absolute Gasteiger partial charge is 0.233 e. The minimum atomic E-state index is 0.00909. The Bertz CT molecular complexity index is 410. The number of carbonyl (C=O) groups is 1. The van der Waals surface area contributed by atoms with Crippen molar-refractivity contribution in [2.24, 2.45) is 5.92 Å². The Morgan fingerprint density at radius 2 is 2.17 bits per heavy atom. The Hall–Kier alpha value is -0.580. The van der Waals surface area contributed by atoms with Gasteiger partial charge >= 0.3 is 0 Å². The lowest BCUT2D eigenvalue weighted by Gasteiger charge is -2.09. The molecule has 0 saturated heterocycles. The molecule has 0 spiro atoms. The molecule has 0 atom stereocenters. The number of halogens is 2. The van der Waals surface area contributed by atoms with Crippen LogP contribution in [0.4, 0.5) is 0 Å². The number of amides is 1. The highest BCUT2D eigenvalue weighted by Crippen LogP contribution is 2.20. The molecule has 1 aromatic rings. The van der Waals surface area contributed by atoms with Gasteiger partial charge in [0.15, 0.2) is 0 Å². The van der Waals surface area contributed by atoms with Crippen LogP contribution in [0.1, 0.15) is 19.4 Å². The van der Waals surface area contributed by atoms with Crippen LogP contribution in [0, 0.1) is 5.92 Å². The minimum absolute atomic E-state index is 0.00909. The minimum Gasteiger partial charge on any atom is -0.355 e. The molecular weight excluding hydrogens is 316 g/mol. The first-order valence-corrected chi connectivity index (χ1v) is 7.07. The molecule has 1 amide bonds. The van der Waals surface area contributed by atoms with Crippen LogP contribution in [0.2, 0.25) is 5.02 Å². The molecule has 0 saturated carbocycles. The first-order valence-electron chi connectivity index (χ1n) is 5.90. The molecule has 0 fully saturated rings. The molecule has 3 nitrogen and oxygen atoms in total. The molecule has 2 N–H and O–H groups in total. The average molecular weight is 334 g/mol. The van der Waals surface area contributed by atoms with Gasteiger partial charge in [0.1, 0.15) is 0 Å². The van der Waals surface area contributed by atoms with E-state index in [2.05, 4.69) is 40.4 Å². The molecule has 1 rings (SSSR count). The monoisotopic (exact) mass is 332 g/mol. The third-order valence-corrected chi connectivity index (χ3v) is 3.18. The van der Waals surface area contributed by atoms with E-state index >= 15 is 0 Å². The van der Waals surface area contributed by atoms with Gasteiger partial charge in [-0.05, 0) is 29.7 Å². The first-order chi connectivity index (χ1) is 8.49. The van der Waals surface area contributed by atoms with Crippen LogP contribution in [0.3, 0.4) is 0 Å². The van der Waals surface area contributed by atoms with Gasteiger partial charge in [-0.1, -0.05) is 41.4 Å². The van der Waals surface area contributed by atoms with Crippen molar-refractivity contribution in [2.75, 3.05) is 13.1 Å².